The Morgan fingerprint density at radius 3 is 2.58 bits per heavy atom. The molecule has 2 rings (SSSR count). The Morgan fingerprint density at radius 2 is 2.11 bits per heavy atom. The average molecular weight is 266 g/mol. The zero-order valence-corrected chi connectivity index (χ0v) is 12.7. The second-order valence-electron chi connectivity index (χ2n) is 5.63. The van der Waals surface area contributed by atoms with E-state index in [9.17, 15) is 0 Å². The maximum absolute atomic E-state index is 5.92. The summed E-state index contributed by atoms with van der Waals surface area (Å²) in [5.41, 5.74) is 9.49. The Balaban J connectivity index is 2.45. The predicted molar refractivity (Wildman–Crippen MR) is 76.1 cm³/mol. The first-order valence-corrected chi connectivity index (χ1v) is 7.04. The summed E-state index contributed by atoms with van der Waals surface area (Å²) in [5.74, 6) is 0. The van der Waals surface area contributed by atoms with Crippen LogP contribution in [0.25, 0.3) is 0 Å². The number of nitrogens with zero attached hydrogens (tertiary/aromatic N) is 3. The Bertz CT molecular complexity index is 441. The first-order valence-electron chi connectivity index (χ1n) is 7.04. The van der Waals surface area contributed by atoms with Crippen molar-refractivity contribution in [3.8, 4) is 0 Å². The smallest absolute Gasteiger partial charge is 0.0895 e. The van der Waals surface area contributed by atoms with E-state index in [4.69, 9.17) is 10.5 Å². The largest absolute Gasteiger partial charge is 0.374 e. The summed E-state index contributed by atoms with van der Waals surface area (Å²) in [6, 6.07) is 0.689. The van der Waals surface area contributed by atoms with Crippen molar-refractivity contribution in [2.75, 3.05) is 19.7 Å². The number of nitrogens with two attached hydrogens (primary N) is 1. The molecule has 0 amide bonds. The summed E-state index contributed by atoms with van der Waals surface area (Å²) >= 11 is 0. The van der Waals surface area contributed by atoms with Crippen molar-refractivity contribution in [2.45, 2.75) is 45.9 Å². The Kier molecular flexibility index (Phi) is 4.28. The Morgan fingerprint density at radius 1 is 1.42 bits per heavy atom. The van der Waals surface area contributed by atoms with Gasteiger partial charge in [-0.2, -0.15) is 5.10 Å². The minimum absolute atomic E-state index is 0.0535. The van der Waals surface area contributed by atoms with Gasteiger partial charge in [0.25, 0.3) is 0 Å². The van der Waals surface area contributed by atoms with Crippen LogP contribution in [0.4, 0.5) is 0 Å². The van der Waals surface area contributed by atoms with Crippen molar-refractivity contribution < 1.29 is 4.74 Å². The van der Waals surface area contributed by atoms with Gasteiger partial charge in [-0.25, -0.2) is 0 Å². The SMILES string of the molecule is Cc1nn(C)c(C)c1C1C(CN)OCCN1C(C)C. The predicted octanol–water partition coefficient (Wildman–Crippen LogP) is 1.15. The highest BCUT2D eigenvalue weighted by molar-refractivity contribution is 5.30. The number of hydrogen-bond donors (Lipinski definition) is 1. The third-order valence-electron chi connectivity index (χ3n) is 4.15. The number of morpholine rings is 1. The molecule has 5 nitrogen and oxygen atoms in total. The fourth-order valence-corrected chi connectivity index (χ4v) is 3.10. The van der Waals surface area contributed by atoms with Crippen LogP contribution in [0.5, 0.6) is 0 Å². The first kappa shape index (κ1) is 14.5. The van der Waals surface area contributed by atoms with E-state index < -0.39 is 0 Å². The summed E-state index contributed by atoms with van der Waals surface area (Å²) in [7, 11) is 1.99. The minimum Gasteiger partial charge on any atom is -0.374 e. The molecule has 0 bridgehead atoms. The van der Waals surface area contributed by atoms with E-state index >= 15 is 0 Å². The highest BCUT2D eigenvalue weighted by atomic mass is 16.5. The number of aryl methyl sites for hydroxylation is 2. The van der Waals surface area contributed by atoms with Crippen LogP contribution in [0, 0.1) is 13.8 Å². The van der Waals surface area contributed by atoms with Gasteiger partial charge in [0.1, 0.15) is 0 Å². The third-order valence-corrected chi connectivity index (χ3v) is 4.15. The molecule has 2 heterocycles. The van der Waals surface area contributed by atoms with Gasteiger partial charge in [0.05, 0.1) is 24.4 Å². The zero-order chi connectivity index (χ0) is 14.2. The number of rotatable bonds is 3. The molecular weight excluding hydrogens is 240 g/mol. The Hall–Kier alpha value is -0.910. The van der Waals surface area contributed by atoms with Crippen LogP contribution in [0.15, 0.2) is 0 Å². The third kappa shape index (κ3) is 2.55. The van der Waals surface area contributed by atoms with E-state index in [1.807, 2.05) is 11.7 Å². The maximum atomic E-state index is 5.92. The molecule has 19 heavy (non-hydrogen) atoms. The van der Waals surface area contributed by atoms with Gasteiger partial charge in [-0.05, 0) is 27.7 Å². The van der Waals surface area contributed by atoms with Crippen molar-refractivity contribution in [3.05, 3.63) is 17.0 Å². The summed E-state index contributed by atoms with van der Waals surface area (Å²) in [4.78, 5) is 2.48. The van der Waals surface area contributed by atoms with E-state index in [1.165, 1.54) is 11.3 Å². The lowest BCUT2D eigenvalue weighted by Gasteiger charge is -2.43. The van der Waals surface area contributed by atoms with E-state index in [0.29, 0.717) is 12.6 Å². The Labute approximate surface area is 115 Å². The molecule has 1 aromatic heterocycles. The van der Waals surface area contributed by atoms with Crippen LogP contribution in [0.1, 0.15) is 36.8 Å². The van der Waals surface area contributed by atoms with Crippen LogP contribution in [-0.4, -0.2) is 46.5 Å². The zero-order valence-electron chi connectivity index (χ0n) is 12.7. The number of aromatic nitrogens is 2. The van der Waals surface area contributed by atoms with E-state index in [0.717, 1.165) is 18.8 Å². The lowest BCUT2D eigenvalue weighted by atomic mass is 9.95. The van der Waals surface area contributed by atoms with E-state index in [2.05, 4.69) is 37.7 Å². The molecule has 108 valence electrons. The molecule has 2 N–H and O–H groups in total. The topological polar surface area (TPSA) is 56.3 Å². The van der Waals surface area contributed by atoms with Crippen molar-refractivity contribution in [1.82, 2.24) is 14.7 Å². The van der Waals surface area contributed by atoms with Crippen LogP contribution < -0.4 is 5.73 Å². The molecule has 0 aromatic carbocycles. The molecular formula is C14H26N4O. The lowest BCUT2D eigenvalue weighted by molar-refractivity contribution is -0.0793. The summed E-state index contributed by atoms with van der Waals surface area (Å²) in [6.45, 7) is 10.9. The first-order chi connectivity index (χ1) is 8.97. The van der Waals surface area contributed by atoms with Gasteiger partial charge >= 0.3 is 0 Å². The molecule has 0 aliphatic carbocycles. The van der Waals surface area contributed by atoms with Gasteiger partial charge in [-0.3, -0.25) is 9.58 Å². The lowest BCUT2D eigenvalue weighted by Crippen LogP contribution is -2.51. The fraction of sp³-hybridized carbons (Fsp3) is 0.786. The summed E-state index contributed by atoms with van der Waals surface area (Å²) in [5, 5.41) is 4.54. The molecule has 5 heteroatoms. The van der Waals surface area contributed by atoms with E-state index in [-0.39, 0.29) is 12.1 Å². The summed E-state index contributed by atoms with van der Waals surface area (Å²) in [6.07, 6.45) is 0.0535. The van der Waals surface area contributed by atoms with Crippen LogP contribution >= 0.6 is 0 Å². The van der Waals surface area contributed by atoms with Gasteiger partial charge < -0.3 is 10.5 Å². The van der Waals surface area contributed by atoms with Gasteiger partial charge in [-0.1, -0.05) is 0 Å². The van der Waals surface area contributed by atoms with Gasteiger partial charge in [0, 0.05) is 37.4 Å². The number of ether oxygens (including phenoxy) is 1. The molecule has 1 aromatic rings. The average Bonchev–Trinajstić information content (AvgIpc) is 2.62. The normalized spacial score (nSPS) is 25.2. The van der Waals surface area contributed by atoms with Gasteiger partial charge in [0.2, 0.25) is 0 Å². The standard InChI is InChI=1S/C14H26N4O/c1-9(2)18-6-7-19-12(8-15)14(18)13-10(3)16-17(5)11(13)4/h9,12,14H,6-8,15H2,1-5H3. The van der Waals surface area contributed by atoms with Crippen LogP contribution in [0.2, 0.25) is 0 Å². The molecule has 2 unspecified atom stereocenters. The van der Waals surface area contributed by atoms with Crippen molar-refractivity contribution >= 4 is 0 Å². The van der Waals surface area contributed by atoms with Gasteiger partial charge in [0.15, 0.2) is 0 Å². The number of hydrogen-bond acceptors (Lipinski definition) is 4. The highest BCUT2D eigenvalue weighted by Crippen LogP contribution is 2.34. The molecule has 1 aliphatic heterocycles. The molecule has 2 atom stereocenters. The highest BCUT2D eigenvalue weighted by Gasteiger charge is 2.37. The fourth-order valence-electron chi connectivity index (χ4n) is 3.10. The van der Waals surface area contributed by atoms with Crippen molar-refractivity contribution in [3.63, 3.8) is 0 Å². The molecule has 0 radical (unpaired) electrons. The molecule has 1 fully saturated rings. The second kappa shape index (κ2) is 5.61. The van der Waals surface area contributed by atoms with Crippen LogP contribution in [-0.2, 0) is 11.8 Å². The summed E-state index contributed by atoms with van der Waals surface area (Å²) < 4.78 is 7.84. The van der Waals surface area contributed by atoms with Gasteiger partial charge in [-0.15, -0.1) is 0 Å². The van der Waals surface area contributed by atoms with Crippen molar-refractivity contribution in [1.29, 1.82) is 0 Å². The molecule has 0 saturated carbocycles. The van der Waals surface area contributed by atoms with Crippen molar-refractivity contribution in [2.24, 2.45) is 12.8 Å². The molecule has 1 saturated heterocycles. The maximum Gasteiger partial charge on any atom is 0.0895 e. The monoisotopic (exact) mass is 266 g/mol. The molecule has 0 spiro atoms. The quantitative estimate of drug-likeness (QED) is 0.891. The second-order valence-corrected chi connectivity index (χ2v) is 5.63. The van der Waals surface area contributed by atoms with E-state index in [1.54, 1.807) is 0 Å². The van der Waals surface area contributed by atoms with Crippen LogP contribution in [0.3, 0.4) is 0 Å². The minimum atomic E-state index is 0.0535. The molecule has 1 aliphatic rings.